The van der Waals surface area contributed by atoms with Crippen molar-refractivity contribution in [2.45, 2.75) is 45.2 Å². The van der Waals surface area contributed by atoms with Crippen LogP contribution >= 0.6 is 0 Å². The van der Waals surface area contributed by atoms with Crippen LogP contribution in [0.25, 0.3) is 0 Å². The monoisotopic (exact) mass is 322 g/mol. The molecule has 0 amide bonds. The number of aryl methyl sites for hydroxylation is 1. The minimum Gasteiger partial charge on any atom is -0.299 e. The molecule has 2 fully saturated rings. The van der Waals surface area contributed by atoms with Gasteiger partial charge in [-0.1, -0.05) is 31.2 Å². The summed E-state index contributed by atoms with van der Waals surface area (Å²) in [6.07, 6.45) is 5.51. The van der Waals surface area contributed by atoms with Crippen LogP contribution in [0.3, 0.4) is 0 Å². The van der Waals surface area contributed by atoms with Gasteiger partial charge < -0.3 is 0 Å². The molecule has 1 N–H and O–H groups in total. The number of nitrogens with one attached hydrogen (secondary N) is 1. The highest BCUT2D eigenvalue weighted by molar-refractivity contribution is 7.88. The number of likely N-dealkylation sites (tertiary alicyclic amines) is 1. The minimum atomic E-state index is -3.06. The summed E-state index contributed by atoms with van der Waals surface area (Å²) in [6, 6.07) is 9.06. The van der Waals surface area contributed by atoms with Crippen molar-refractivity contribution < 1.29 is 8.42 Å². The van der Waals surface area contributed by atoms with Crippen LogP contribution in [0.5, 0.6) is 0 Å². The second kappa shape index (κ2) is 5.95. The molecule has 0 atom stereocenters. The van der Waals surface area contributed by atoms with E-state index in [2.05, 4.69) is 40.8 Å². The lowest BCUT2D eigenvalue weighted by molar-refractivity contribution is 0.101. The molecule has 1 aliphatic heterocycles. The van der Waals surface area contributed by atoms with E-state index in [1.807, 2.05) is 0 Å². The number of benzene rings is 1. The largest absolute Gasteiger partial charge is 0.299 e. The lowest BCUT2D eigenvalue weighted by atomic mass is 9.65. The molecule has 22 heavy (non-hydrogen) atoms. The predicted molar refractivity (Wildman–Crippen MR) is 89.1 cm³/mol. The van der Waals surface area contributed by atoms with Crippen LogP contribution in [0.1, 0.15) is 37.3 Å². The Morgan fingerprint density at radius 1 is 1.23 bits per heavy atom. The molecule has 5 heteroatoms. The van der Waals surface area contributed by atoms with E-state index in [1.165, 1.54) is 23.8 Å². The Morgan fingerprint density at radius 3 is 2.45 bits per heavy atom. The fraction of sp³-hybridized carbons (Fsp3) is 0.647. The van der Waals surface area contributed by atoms with Gasteiger partial charge in [0.2, 0.25) is 10.0 Å². The fourth-order valence-corrected chi connectivity index (χ4v) is 4.78. The van der Waals surface area contributed by atoms with Crippen molar-refractivity contribution in [1.82, 2.24) is 9.62 Å². The molecule has 122 valence electrons. The summed E-state index contributed by atoms with van der Waals surface area (Å²) in [7, 11) is -3.06. The number of hydrogen-bond acceptors (Lipinski definition) is 3. The summed E-state index contributed by atoms with van der Waals surface area (Å²) < 4.78 is 25.3. The van der Waals surface area contributed by atoms with Crippen LogP contribution in [0.15, 0.2) is 24.3 Å². The molecule has 4 nitrogen and oxygen atoms in total. The van der Waals surface area contributed by atoms with Gasteiger partial charge in [-0.05, 0) is 48.8 Å². The van der Waals surface area contributed by atoms with Gasteiger partial charge in [0.25, 0.3) is 0 Å². The summed E-state index contributed by atoms with van der Waals surface area (Å²) in [5.41, 5.74) is 3.11. The lowest BCUT2D eigenvalue weighted by Crippen LogP contribution is -2.51. The van der Waals surface area contributed by atoms with Gasteiger partial charge in [0.15, 0.2) is 0 Å². The van der Waals surface area contributed by atoms with E-state index in [9.17, 15) is 8.42 Å². The molecule has 1 aromatic rings. The first-order chi connectivity index (χ1) is 10.4. The van der Waals surface area contributed by atoms with Crippen molar-refractivity contribution >= 4 is 10.0 Å². The Bertz CT molecular complexity index is 619. The Balaban J connectivity index is 1.51. The van der Waals surface area contributed by atoms with Crippen molar-refractivity contribution in [3.8, 4) is 0 Å². The standard InChI is InChI=1S/C17H26N2O2S/c1-3-14-4-6-15(7-5-14)12-19-9-8-17(13-19)10-16(11-17)18-22(2,20)21/h4-7,16,18H,3,8-13H2,1-2H3. The molecular formula is C17H26N2O2S. The van der Waals surface area contributed by atoms with Gasteiger partial charge in [0.1, 0.15) is 0 Å². The molecular weight excluding hydrogens is 296 g/mol. The predicted octanol–water partition coefficient (Wildman–Crippen LogP) is 2.15. The van der Waals surface area contributed by atoms with Gasteiger partial charge in [-0.15, -0.1) is 0 Å². The normalized spacial score (nSPS) is 28.9. The third kappa shape index (κ3) is 3.70. The topological polar surface area (TPSA) is 49.4 Å². The van der Waals surface area contributed by atoms with E-state index in [4.69, 9.17) is 0 Å². The molecule has 0 bridgehead atoms. The third-order valence-corrected chi connectivity index (χ3v) is 5.86. The van der Waals surface area contributed by atoms with E-state index in [0.717, 1.165) is 38.9 Å². The summed E-state index contributed by atoms with van der Waals surface area (Å²) in [5, 5.41) is 0. The van der Waals surface area contributed by atoms with E-state index >= 15 is 0 Å². The molecule has 1 aromatic carbocycles. The van der Waals surface area contributed by atoms with Gasteiger partial charge in [0.05, 0.1) is 6.26 Å². The van der Waals surface area contributed by atoms with Crippen LogP contribution < -0.4 is 4.72 Å². The van der Waals surface area contributed by atoms with Crippen LogP contribution in [0, 0.1) is 5.41 Å². The molecule has 1 spiro atoms. The highest BCUT2D eigenvalue weighted by Crippen LogP contribution is 2.48. The Kier molecular flexibility index (Phi) is 4.32. The number of hydrogen-bond donors (Lipinski definition) is 1. The van der Waals surface area contributed by atoms with Crippen molar-refractivity contribution in [1.29, 1.82) is 0 Å². The second-order valence-corrected chi connectivity index (χ2v) is 8.91. The average molecular weight is 322 g/mol. The molecule has 1 saturated carbocycles. The van der Waals surface area contributed by atoms with E-state index in [0.29, 0.717) is 5.41 Å². The van der Waals surface area contributed by atoms with Crippen LogP contribution in [-0.2, 0) is 23.0 Å². The molecule has 1 heterocycles. The maximum Gasteiger partial charge on any atom is 0.208 e. The zero-order valence-corrected chi connectivity index (χ0v) is 14.3. The van der Waals surface area contributed by atoms with Crippen molar-refractivity contribution in [3.63, 3.8) is 0 Å². The third-order valence-electron chi connectivity index (χ3n) is 5.09. The zero-order valence-electron chi connectivity index (χ0n) is 13.5. The molecule has 0 radical (unpaired) electrons. The van der Waals surface area contributed by atoms with Crippen molar-refractivity contribution in [2.75, 3.05) is 19.3 Å². The van der Waals surface area contributed by atoms with Gasteiger partial charge in [-0.3, -0.25) is 4.90 Å². The van der Waals surface area contributed by atoms with Crippen molar-refractivity contribution in [2.24, 2.45) is 5.41 Å². The molecule has 0 aromatic heterocycles. The summed E-state index contributed by atoms with van der Waals surface area (Å²) in [6.45, 7) is 5.41. The molecule has 0 unspecified atom stereocenters. The molecule has 3 rings (SSSR count). The highest BCUT2D eigenvalue weighted by atomic mass is 32.2. The Morgan fingerprint density at radius 2 is 1.86 bits per heavy atom. The fourth-order valence-electron chi connectivity index (χ4n) is 4.01. The first-order valence-corrected chi connectivity index (χ1v) is 10.0. The number of sulfonamides is 1. The molecule has 1 aliphatic carbocycles. The Hall–Kier alpha value is -0.910. The first kappa shape index (κ1) is 16.0. The quantitative estimate of drug-likeness (QED) is 0.904. The van der Waals surface area contributed by atoms with Gasteiger partial charge in [-0.25, -0.2) is 13.1 Å². The van der Waals surface area contributed by atoms with Crippen molar-refractivity contribution in [3.05, 3.63) is 35.4 Å². The van der Waals surface area contributed by atoms with E-state index < -0.39 is 10.0 Å². The zero-order chi connectivity index (χ0) is 15.8. The summed E-state index contributed by atoms with van der Waals surface area (Å²) in [4.78, 5) is 2.51. The second-order valence-electron chi connectivity index (χ2n) is 7.13. The molecule has 2 aliphatic rings. The maximum atomic E-state index is 11.3. The van der Waals surface area contributed by atoms with E-state index in [-0.39, 0.29) is 6.04 Å². The van der Waals surface area contributed by atoms with Crippen LogP contribution in [0.4, 0.5) is 0 Å². The van der Waals surface area contributed by atoms with Crippen LogP contribution in [0.2, 0.25) is 0 Å². The summed E-state index contributed by atoms with van der Waals surface area (Å²) in [5.74, 6) is 0. The van der Waals surface area contributed by atoms with Gasteiger partial charge >= 0.3 is 0 Å². The van der Waals surface area contributed by atoms with E-state index in [1.54, 1.807) is 0 Å². The average Bonchev–Trinajstić information content (AvgIpc) is 2.81. The lowest BCUT2D eigenvalue weighted by Gasteiger charge is -2.45. The molecule has 1 saturated heterocycles. The maximum absolute atomic E-state index is 11.3. The van der Waals surface area contributed by atoms with Gasteiger partial charge in [-0.2, -0.15) is 0 Å². The van der Waals surface area contributed by atoms with Crippen LogP contribution in [-0.4, -0.2) is 38.7 Å². The summed E-state index contributed by atoms with van der Waals surface area (Å²) >= 11 is 0. The smallest absolute Gasteiger partial charge is 0.208 e. The SMILES string of the molecule is CCc1ccc(CN2CCC3(CC(NS(C)(=O)=O)C3)C2)cc1. The Labute approximate surface area is 134 Å². The highest BCUT2D eigenvalue weighted by Gasteiger charge is 2.48. The number of rotatable bonds is 5. The first-order valence-electron chi connectivity index (χ1n) is 8.15. The number of nitrogens with zero attached hydrogens (tertiary/aromatic N) is 1. The minimum absolute atomic E-state index is 0.152. The van der Waals surface area contributed by atoms with Gasteiger partial charge in [0, 0.05) is 19.1 Å².